The standard InChI is InChI=1S/C21H26N2O4/c1-15(27-2)17-9-6-10-18(14-17)22-21(26)23-19(11-12-20(24)25)13-16-7-4-3-5-8-16/h3-10,14-15,19H,11-13H2,1-2H3,(H,24,25)(H2,22,23,26). The van der Waals surface area contributed by atoms with Gasteiger partial charge in [-0.25, -0.2) is 4.79 Å². The van der Waals surface area contributed by atoms with Crippen LogP contribution in [0.4, 0.5) is 10.5 Å². The Hall–Kier alpha value is -2.86. The zero-order valence-electron chi connectivity index (χ0n) is 15.6. The molecular weight excluding hydrogens is 344 g/mol. The zero-order valence-corrected chi connectivity index (χ0v) is 15.6. The van der Waals surface area contributed by atoms with Crippen molar-refractivity contribution >= 4 is 17.7 Å². The van der Waals surface area contributed by atoms with Crippen LogP contribution < -0.4 is 10.6 Å². The Kier molecular flexibility index (Phi) is 7.82. The molecule has 0 aliphatic heterocycles. The lowest BCUT2D eigenvalue weighted by Crippen LogP contribution is -2.39. The molecule has 0 saturated carbocycles. The first-order valence-electron chi connectivity index (χ1n) is 8.94. The van der Waals surface area contributed by atoms with Gasteiger partial charge in [0.2, 0.25) is 0 Å². The highest BCUT2D eigenvalue weighted by atomic mass is 16.5. The van der Waals surface area contributed by atoms with Gasteiger partial charge in [0.25, 0.3) is 0 Å². The molecule has 0 fully saturated rings. The lowest BCUT2D eigenvalue weighted by atomic mass is 10.0. The number of urea groups is 1. The molecule has 0 spiro atoms. The van der Waals surface area contributed by atoms with Gasteiger partial charge in [-0.15, -0.1) is 0 Å². The number of hydrogen-bond donors (Lipinski definition) is 3. The zero-order chi connectivity index (χ0) is 19.6. The minimum absolute atomic E-state index is 0.00137. The molecule has 3 N–H and O–H groups in total. The number of carboxylic acids is 1. The maximum Gasteiger partial charge on any atom is 0.319 e. The fraction of sp³-hybridized carbons (Fsp3) is 0.333. The average Bonchev–Trinajstić information content (AvgIpc) is 2.66. The predicted octanol–water partition coefficient (Wildman–Crippen LogP) is 3.99. The van der Waals surface area contributed by atoms with Crippen molar-refractivity contribution < 1.29 is 19.4 Å². The number of anilines is 1. The van der Waals surface area contributed by atoms with E-state index in [2.05, 4.69) is 10.6 Å². The number of carbonyl (C=O) groups is 2. The molecule has 0 aliphatic rings. The number of nitrogens with one attached hydrogen (secondary N) is 2. The first-order chi connectivity index (χ1) is 13.0. The Morgan fingerprint density at radius 1 is 1.11 bits per heavy atom. The third-order valence-electron chi connectivity index (χ3n) is 4.33. The predicted molar refractivity (Wildman–Crippen MR) is 105 cm³/mol. The summed E-state index contributed by atoms with van der Waals surface area (Å²) in [6.07, 6.45) is 0.857. The fourth-order valence-corrected chi connectivity index (χ4v) is 2.78. The van der Waals surface area contributed by atoms with Crippen molar-refractivity contribution in [2.24, 2.45) is 0 Å². The Morgan fingerprint density at radius 3 is 2.52 bits per heavy atom. The van der Waals surface area contributed by atoms with E-state index in [1.165, 1.54) is 0 Å². The van der Waals surface area contributed by atoms with E-state index in [-0.39, 0.29) is 24.6 Å². The molecule has 0 radical (unpaired) electrons. The Labute approximate surface area is 159 Å². The molecule has 0 aromatic heterocycles. The number of methoxy groups -OCH3 is 1. The van der Waals surface area contributed by atoms with Crippen LogP contribution in [0.1, 0.15) is 37.0 Å². The Bertz CT molecular complexity index is 749. The van der Waals surface area contributed by atoms with E-state index < -0.39 is 5.97 Å². The summed E-state index contributed by atoms with van der Waals surface area (Å²) in [5.74, 6) is -0.878. The largest absolute Gasteiger partial charge is 0.481 e. The van der Waals surface area contributed by atoms with Gasteiger partial charge in [0.15, 0.2) is 0 Å². The number of aliphatic carboxylic acids is 1. The molecule has 2 unspecified atom stereocenters. The molecule has 0 heterocycles. The summed E-state index contributed by atoms with van der Waals surface area (Å²) in [5.41, 5.74) is 2.66. The van der Waals surface area contributed by atoms with Crippen molar-refractivity contribution in [1.29, 1.82) is 0 Å². The summed E-state index contributed by atoms with van der Waals surface area (Å²) in [4.78, 5) is 23.3. The molecule has 2 atom stereocenters. The second-order valence-corrected chi connectivity index (χ2v) is 6.42. The monoisotopic (exact) mass is 370 g/mol. The lowest BCUT2D eigenvalue weighted by Gasteiger charge is -2.19. The van der Waals surface area contributed by atoms with Gasteiger partial charge in [-0.05, 0) is 43.0 Å². The van der Waals surface area contributed by atoms with E-state index in [0.29, 0.717) is 18.5 Å². The molecule has 27 heavy (non-hydrogen) atoms. The van der Waals surface area contributed by atoms with Gasteiger partial charge in [0.05, 0.1) is 6.10 Å². The van der Waals surface area contributed by atoms with E-state index in [4.69, 9.17) is 9.84 Å². The van der Waals surface area contributed by atoms with E-state index in [9.17, 15) is 9.59 Å². The Balaban J connectivity index is 2.00. The Morgan fingerprint density at radius 2 is 1.85 bits per heavy atom. The molecule has 6 heteroatoms. The summed E-state index contributed by atoms with van der Waals surface area (Å²) in [6, 6.07) is 16.5. The van der Waals surface area contributed by atoms with Crippen LogP contribution in [0.3, 0.4) is 0 Å². The normalized spacial score (nSPS) is 12.8. The SMILES string of the molecule is COC(C)c1cccc(NC(=O)NC(CCC(=O)O)Cc2ccccc2)c1. The lowest BCUT2D eigenvalue weighted by molar-refractivity contribution is -0.137. The third kappa shape index (κ3) is 7.11. The van der Waals surface area contributed by atoms with Gasteiger partial charge in [-0.2, -0.15) is 0 Å². The van der Waals surface area contributed by atoms with Gasteiger partial charge >= 0.3 is 12.0 Å². The van der Waals surface area contributed by atoms with E-state index >= 15 is 0 Å². The number of carbonyl (C=O) groups excluding carboxylic acids is 1. The van der Waals surface area contributed by atoms with E-state index in [0.717, 1.165) is 11.1 Å². The highest BCUT2D eigenvalue weighted by Gasteiger charge is 2.15. The minimum Gasteiger partial charge on any atom is -0.481 e. The highest BCUT2D eigenvalue weighted by molar-refractivity contribution is 5.89. The van der Waals surface area contributed by atoms with Gasteiger partial charge in [0.1, 0.15) is 0 Å². The first kappa shape index (κ1) is 20.5. The maximum atomic E-state index is 12.4. The van der Waals surface area contributed by atoms with Crippen LogP contribution in [0.15, 0.2) is 54.6 Å². The topological polar surface area (TPSA) is 87.7 Å². The summed E-state index contributed by atoms with van der Waals surface area (Å²) in [6.45, 7) is 1.93. The second-order valence-electron chi connectivity index (χ2n) is 6.42. The van der Waals surface area contributed by atoms with Crippen LogP contribution in [0.5, 0.6) is 0 Å². The molecule has 2 rings (SSSR count). The number of carboxylic acid groups (broad SMARTS) is 1. The van der Waals surface area contributed by atoms with Crippen LogP contribution in [-0.2, 0) is 16.0 Å². The molecule has 0 aliphatic carbocycles. The smallest absolute Gasteiger partial charge is 0.319 e. The summed E-state index contributed by atoms with van der Waals surface area (Å²) in [7, 11) is 1.63. The summed E-state index contributed by atoms with van der Waals surface area (Å²) in [5, 5.41) is 14.7. The molecular formula is C21H26N2O4. The van der Waals surface area contributed by atoms with Gasteiger partial charge in [0, 0.05) is 25.3 Å². The third-order valence-corrected chi connectivity index (χ3v) is 4.33. The summed E-state index contributed by atoms with van der Waals surface area (Å²) >= 11 is 0. The maximum absolute atomic E-state index is 12.4. The molecule has 144 valence electrons. The average molecular weight is 370 g/mol. The number of ether oxygens (including phenoxy) is 1. The molecule has 6 nitrogen and oxygen atoms in total. The number of amides is 2. The minimum atomic E-state index is -0.878. The fourth-order valence-electron chi connectivity index (χ4n) is 2.78. The van der Waals surface area contributed by atoms with Crippen LogP contribution in [0, 0.1) is 0 Å². The number of rotatable bonds is 9. The van der Waals surface area contributed by atoms with Crippen molar-refractivity contribution in [3.05, 3.63) is 65.7 Å². The van der Waals surface area contributed by atoms with Crippen LogP contribution in [0.2, 0.25) is 0 Å². The van der Waals surface area contributed by atoms with Crippen molar-refractivity contribution in [3.8, 4) is 0 Å². The molecule has 0 bridgehead atoms. The van der Waals surface area contributed by atoms with E-state index in [1.807, 2.05) is 55.5 Å². The highest BCUT2D eigenvalue weighted by Crippen LogP contribution is 2.19. The summed E-state index contributed by atoms with van der Waals surface area (Å²) < 4.78 is 5.30. The van der Waals surface area contributed by atoms with Crippen molar-refractivity contribution in [3.63, 3.8) is 0 Å². The van der Waals surface area contributed by atoms with Crippen LogP contribution >= 0.6 is 0 Å². The molecule has 2 aromatic carbocycles. The first-order valence-corrected chi connectivity index (χ1v) is 8.94. The van der Waals surface area contributed by atoms with Gasteiger partial charge in [-0.1, -0.05) is 42.5 Å². The van der Waals surface area contributed by atoms with Crippen molar-refractivity contribution in [2.75, 3.05) is 12.4 Å². The molecule has 2 aromatic rings. The molecule has 0 saturated heterocycles. The van der Waals surface area contributed by atoms with Crippen LogP contribution in [-0.4, -0.2) is 30.3 Å². The van der Waals surface area contributed by atoms with E-state index in [1.54, 1.807) is 13.2 Å². The molecule has 2 amide bonds. The van der Waals surface area contributed by atoms with Crippen molar-refractivity contribution in [1.82, 2.24) is 5.32 Å². The van der Waals surface area contributed by atoms with Crippen LogP contribution in [0.25, 0.3) is 0 Å². The van der Waals surface area contributed by atoms with Gasteiger partial charge < -0.3 is 20.5 Å². The number of hydrogen-bond acceptors (Lipinski definition) is 3. The second kappa shape index (κ2) is 10.3. The van der Waals surface area contributed by atoms with Gasteiger partial charge in [-0.3, -0.25) is 4.79 Å². The number of benzene rings is 2. The quantitative estimate of drug-likeness (QED) is 0.623. The van der Waals surface area contributed by atoms with Crippen molar-refractivity contribution in [2.45, 2.75) is 38.3 Å².